The van der Waals surface area contributed by atoms with E-state index in [0.29, 0.717) is 0 Å². The molecule has 1 aliphatic carbocycles. The Morgan fingerprint density at radius 3 is 1.88 bits per heavy atom. The molecule has 0 amide bonds. The van der Waals surface area contributed by atoms with Gasteiger partial charge in [-0.2, -0.15) is 0 Å². The molecule has 0 atom stereocenters. The zero-order chi connectivity index (χ0) is 27.6. The Morgan fingerprint density at radius 2 is 1.07 bits per heavy atom. The lowest BCUT2D eigenvalue weighted by Gasteiger charge is -2.22. The van der Waals surface area contributed by atoms with Crippen LogP contribution in [0.3, 0.4) is 0 Å². The van der Waals surface area contributed by atoms with Crippen LogP contribution in [0.1, 0.15) is 25.0 Å². The highest BCUT2D eigenvalue weighted by Crippen LogP contribution is 2.53. The van der Waals surface area contributed by atoms with E-state index in [0.717, 1.165) is 33.9 Å². The van der Waals surface area contributed by atoms with E-state index in [2.05, 4.69) is 129 Å². The first-order valence-corrected chi connectivity index (χ1v) is 14.2. The summed E-state index contributed by atoms with van der Waals surface area (Å²) in [5, 5.41) is 4.93. The van der Waals surface area contributed by atoms with Crippen LogP contribution in [0.2, 0.25) is 0 Å². The predicted molar refractivity (Wildman–Crippen MR) is 171 cm³/mol. The first kappa shape index (κ1) is 23.8. The van der Waals surface area contributed by atoms with Crippen LogP contribution in [0.25, 0.3) is 66.6 Å². The van der Waals surface area contributed by atoms with Gasteiger partial charge in [0.1, 0.15) is 0 Å². The average molecular weight is 525 g/mol. The Labute approximate surface area is 240 Å². The Kier molecular flexibility index (Phi) is 5.20. The molecule has 194 valence electrons. The smallest absolute Gasteiger partial charge is 0.160 e. The maximum Gasteiger partial charge on any atom is 0.160 e. The first-order chi connectivity index (χ1) is 20.1. The summed E-state index contributed by atoms with van der Waals surface area (Å²) in [5.41, 5.74) is 10.3. The van der Waals surface area contributed by atoms with Gasteiger partial charge >= 0.3 is 0 Å². The number of rotatable bonds is 3. The largest absolute Gasteiger partial charge is 0.228 e. The number of hydrogen-bond donors (Lipinski definition) is 0. The van der Waals surface area contributed by atoms with Gasteiger partial charge in [0, 0.05) is 22.1 Å². The van der Waals surface area contributed by atoms with E-state index in [9.17, 15) is 0 Å². The van der Waals surface area contributed by atoms with Crippen LogP contribution < -0.4 is 0 Å². The Morgan fingerprint density at radius 1 is 0.463 bits per heavy atom. The molecule has 0 aliphatic heterocycles. The standard InChI is InChI=1S/C39H28N2/c1-39(2)33-21-11-20-31(37(33)32-22-27-15-6-7-16-28(27)23-34(32)39)36-24-35(40-38(41-36)26-13-4-3-5-14-26)30-19-10-17-25-12-8-9-18-29(25)30/h3-24H,1-2H3. The topological polar surface area (TPSA) is 25.8 Å². The lowest BCUT2D eigenvalue weighted by Crippen LogP contribution is -2.14. The van der Waals surface area contributed by atoms with Gasteiger partial charge in [0.05, 0.1) is 11.4 Å². The van der Waals surface area contributed by atoms with Crippen LogP contribution in [0.4, 0.5) is 0 Å². The molecule has 1 aromatic heterocycles. The molecule has 7 aromatic rings. The molecule has 1 heterocycles. The van der Waals surface area contributed by atoms with E-state index in [1.165, 1.54) is 43.8 Å². The number of aromatic nitrogens is 2. The molecule has 0 fully saturated rings. The molecular weight excluding hydrogens is 496 g/mol. The summed E-state index contributed by atoms with van der Waals surface area (Å²) < 4.78 is 0. The summed E-state index contributed by atoms with van der Waals surface area (Å²) in [7, 11) is 0. The van der Waals surface area contributed by atoms with Crippen molar-refractivity contribution in [3.63, 3.8) is 0 Å². The molecule has 0 radical (unpaired) electrons. The number of hydrogen-bond acceptors (Lipinski definition) is 2. The van der Waals surface area contributed by atoms with E-state index in [4.69, 9.17) is 9.97 Å². The minimum Gasteiger partial charge on any atom is -0.228 e. The number of fused-ring (bicyclic) bond motifs is 5. The van der Waals surface area contributed by atoms with E-state index in [-0.39, 0.29) is 5.41 Å². The van der Waals surface area contributed by atoms with E-state index < -0.39 is 0 Å². The SMILES string of the molecule is CC1(C)c2cc3ccccc3cc2-c2c(-c3cc(-c4cccc5ccccc45)nc(-c4ccccc4)n3)cccc21. The van der Waals surface area contributed by atoms with Crippen molar-refractivity contribution in [3.8, 4) is 45.0 Å². The third kappa shape index (κ3) is 3.72. The van der Waals surface area contributed by atoms with Crippen LogP contribution in [0, 0.1) is 0 Å². The van der Waals surface area contributed by atoms with Crippen LogP contribution in [0.5, 0.6) is 0 Å². The van der Waals surface area contributed by atoms with Gasteiger partial charge in [-0.15, -0.1) is 0 Å². The van der Waals surface area contributed by atoms with E-state index in [1.54, 1.807) is 0 Å². The lowest BCUT2D eigenvalue weighted by molar-refractivity contribution is 0.661. The summed E-state index contributed by atoms with van der Waals surface area (Å²) in [6.45, 7) is 4.68. The van der Waals surface area contributed by atoms with Crippen LogP contribution in [-0.4, -0.2) is 9.97 Å². The normalized spacial score (nSPS) is 13.3. The summed E-state index contributed by atoms with van der Waals surface area (Å²) in [6.07, 6.45) is 0. The molecule has 0 unspecified atom stereocenters. The Balaban J connectivity index is 1.42. The lowest BCUT2D eigenvalue weighted by atomic mass is 9.81. The monoisotopic (exact) mass is 524 g/mol. The zero-order valence-electron chi connectivity index (χ0n) is 23.1. The van der Waals surface area contributed by atoms with Gasteiger partial charge < -0.3 is 0 Å². The molecule has 0 N–H and O–H groups in total. The van der Waals surface area contributed by atoms with Crippen molar-refractivity contribution in [1.82, 2.24) is 9.97 Å². The second-order valence-electron chi connectivity index (χ2n) is 11.5. The van der Waals surface area contributed by atoms with E-state index >= 15 is 0 Å². The summed E-state index contributed by atoms with van der Waals surface area (Å²) in [4.78, 5) is 10.4. The molecule has 0 spiro atoms. The average Bonchev–Trinajstić information content (AvgIpc) is 3.25. The Hall–Kier alpha value is -5.08. The number of benzene rings is 6. The Bertz CT molecular complexity index is 2120. The number of nitrogens with zero attached hydrogens (tertiary/aromatic N) is 2. The molecule has 0 saturated carbocycles. The fraction of sp³-hybridized carbons (Fsp3) is 0.0769. The molecule has 0 saturated heterocycles. The second kappa shape index (κ2) is 8.97. The van der Waals surface area contributed by atoms with Gasteiger partial charge in [-0.3, -0.25) is 0 Å². The minimum absolute atomic E-state index is 0.113. The summed E-state index contributed by atoms with van der Waals surface area (Å²) in [6, 6.07) is 47.6. The van der Waals surface area contributed by atoms with Crippen molar-refractivity contribution < 1.29 is 0 Å². The third-order valence-electron chi connectivity index (χ3n) is 8.67. The summed E-state index contributed by atoms with van der Waals surface area (Å²) >= 11 is 0. The minimum atomic E-state index is -0.113. The van der Waals surface area contributed by atoms with Crippen molar-refractivity contribution in [2.75, 3.05) is 0 Å². The van der Waals surface area contributed by atoms with Crippen molar-refractivity contribution in [2.24, 2.45) is 0 Å². The molecule has 41 heavy (non-hydrogen) atoms. The predicted octanol–water partition coefficient (Wildman–Crippen LogP) is 10.1. The van der Waals surface area contributed by atoms with Gasteiger partial charge in [-0.1, -0.05) is 129 Å². The van der Waals surface area contributed by atoms with Crippen LogP contribution >= 0.6 is 0 Å². The third-order valence-corrected chi connectivity index (χ3v) is 8.67. The molecule has 0 bridgehead atoms. The van der Waals surface area contributed by atoms with Crippen LogP contribution in [-0.2, 0) is 5.41 Å². The van der Waals surface area contributed by atoms with Gasteiger partial charge in [-0.25, -0.2) is 9.97 Å². The quantitative estimate of drug-likeness (QED) is 0.230. The highest BCUT2D eigenvalue weighted by atomic mass is 14.9. The fourth-order valence-electron chi connectivity index (χ4n) is 6.57. The molecule has 8 rings (SSSR count). The van der Waals surface area contributed by atoms with Crippen molar-refractivity contribution in [1.29, 1.82) is 0 Å². The van der Waals surface area contributed by atoms with Crippen LogP contribution in [0.15, 0.2) is 133 Å². The maximum absolute atomic E-state index is 5.23. The van der Waals surface area contributed by atoms with Gasteiger partial charge in [0.15, 0.2) is 5.82 Å². The molecule has 2 nitrogen and oxygen atoms in total. The van der Waals surface area contributed by atoms with Crippen molar-refractivity contribution in [3.05, 3.63) is 145 Å². The molecule has 6 aromatic carbocycles. The van der Waals surface area contributed by atoms with Gasteiger partial charge in [0.2, 0.25) is 0 Å². The first-order valence-electron chi connectivity index (χ1n) is 14.2. The zero-order valence-corrected chi connectivity index (χ0v) is 23.1. The van der Waals surface area contributed by atoms with E-state index in [1.807, 2.05) is 18.2 Å². The molecular formula is C39H28N2. The fourth-order valence-corrected chi connectivity index (χ4v) is 6.57. The van der Waals surface area contributed by atoms with Gasteiger partial charge in [-0.05, 0) is 62.0 Å². The van der Waals surface area contributed by atoms with Crippen molar-refractivity contribution in [2.45, 2.75) is 19.3 Å². The molecule has 1 aliphatic rings. The summed E-state index contributed by atoms with van der Waals surface area (Å²) in [5.74, 6) is 0.736. The highest BCUT2D eigenvalue weighted by Gasteiger charge is 2.37. The van der Waals surface area contributed by atoms with Crippen molar-refractivity contribution >= 4 is 21.5 Å². The second-order valence-corrected chi connectivity index (χ2v) is 11.5. The highest BCUT2D eigenvalue weighted by molar-refractivity contribution is 6.00. The van der Waals surface area contributed by atoms with Gasteiger partial charge in [0.25, 0.3) is 0 Å². The maximum atomic E-state index is 5.23. The molecule has 2 heteroatoms.